The van der Waals surface area contributed by atoms with Crippen molar-refractivity contribution in [1.82, 2.24) is 5.32 Å². The maximum Gasteiger partial charge on any atom is 0.293 e. The average molecular weight is 361 g/mol. The van der Waals surface area contributed by atoms with Crippen molar-refractivity contribution in [2.24, 2.45) is 4.99 Å². The SMILES string of the molecule is CCC1=C(Sc2cc(Cl)cc(Cl)c2)C=NCN1.CCOC=O. The second-order valence-electron chi connectivity index (χ2n) is 4.10. The number of hydrogen-bond acceptors (Lipinski definition) is 5. The van der Waals surface area contributed by atoms with Crippen LogP contribution in [0.2, 0.25) is 10.0 Å². The summed E-state index contributed by atoms with van der Waals surface area (Å²) in [5.74, 6) is 0. The molecule has 1 N–H and O–H groups in total. The lowest BCUT2D eigenvalue weighted by Gasteiger charge is -2.15. The molecule has 0 bridgehead atoms. The Labute approximate surface area is 144 Å². The van der Waals surface area contributed by atoms with Gasteiger partial charge in [-0.3, -0.25) is 9.79 Å². The lowest BCUT2D eigenvalue weighted by atomic mass is 10.3. The van der Waals surface area contributed by atoms with E-state index in [4.69, 9.17) is 23.2 Å². The van der Waals surface area contributed by atoms with Gasteiger partial charge in [-0.1, -0.05) is 41.9 Å². The summed E-state index contributed by atoms with van der Waals surface area (Å²) in [5.41, 5.74) is 1.21. The lowest BCUT2D eigenvalue weighted by molar-refractivity contribution is -0.128. The molecule has 0 amide bonds. The quantitative estimate of drug-likeness (QED) is 0.784. The fraction of sp³-hybridized carbons (Fsp3) is 0.333. The zero-order valence-electron chi connectivity index (χ0n) is 12.4. The van der Waals surface area contributed by atoms with Gasteiger partial charge in [0.15, 0.2) is 0 Å². The van der Waals surface area contributed by atoms with Gasteiger partial charge in [-0.2, -0.15) is 0 Å². The average Bonchev–Trinajstić information content (AvgIpc) is 2.48. The van der Waals surface area contributed by atoms with E-state index in [1.165, 1.54) is 5.70 Å². The summed E-state index contributed by atoms with van der Waals surface area (Å²) < 4.78 is 4.15. The van der Waals surface area contributed by atoms with Crippen LogP contribution in [0.1, 0.15) is 20.3 Å². The number of aliphatic imine (C=N–C) groups is 1. The van der Waals surface area contributed by atoms with E-state index >= 15 is 0 Å². The van der Waals surface area contributed by atoms with Crippen molar-refractivity contribution < 1.29 is 9.53 Å². The van der Waals surface area contributed by atoms with Gasteiger partial charge in [-0.25, -0.2) is 0 Å². The largest absolute Gasteiger partial charge is 0.468 e. The summed E-state index contributed by atoms with van der Waals surface area (Å²) in [7, 11) is 0. The van der Waals surface area contributed by atoms with Crippen LogP contribution < -0.4 is 5.32 Å². The molecule has 1 heterocycles. The van der Waals surface area contributed by atoms with Crippen molar-refractivity contribution >= 4 is 47.7 Å². The van der Waals surface area contributed by atoms with Crippen LogP contribution in [-0.2, 0) is 9.53 Å². The predicted molar refractivity (Wildman–Crippen MR) is 93.8 cm³/mol. The van der Waals surface area contributed by atoms with Crippen molar-refractivity contribution in [2.75, 3.05) is 13.3 Å². The molecule has 0 aliphatic carbocycles. The first-order valence-electron chi connectivity index (χ1n) is 6.76. The van der Waals surface area contributed by atoms with Gasteiger partial charge in [0.1, 0.15) is 6.67 Å². The van der Waals surface area contributed by atoms with Crippen molar-refractivity contribution in [3.8, 4) is 0 Å². The molecule has 0 atom stereocenters. The van der Waals surface area contributed by atoms with E-state index in [0.29, 0.717) is 29.8 Å². The standard InChI is InChI=1S/C12H12Cl2N2S.C3H6O2/c1-2-11-12(6-15-7-16-11)17-10-4-8(13)3-9(14)5-10;1-2-5-3-4/h3-6,16H,2,7H2,1H3;3H,2H2,1H3. The van der Waals surface area contributed by atoms with Gasteiger partial charge in [0.25, 0.3) is 6.47 Å². The first-order chi connectivity index (χ1) is 10.6. The molecule has 4 nitrogen and oxygen atoms in total. The van der Waals surface area contributed by atoms with Crippen LogP contribution in [0.5, 0.6) is 0 Å². The van der Waals surface area contributed by atoms with Gasteiger partial charge < -0.3 is 10.1 Å². The topological polar surface area (TPSA) is 50.7 Å². The van der Waals surface area contributed by atoms with E-state index in [9.17, 15) is 4.79 Å². The number of benzene rings is 1. The maximum absolute atomic E-state index is 9.18. The molecule has 0 radical (unpaired) electrons. The number of thioether (sulfide) groups is 1. The van der Waals surface area contributed by atoms with Crippen molar-refractivity contribution in [2.45, 2.75) is 25.2 Å². The number of nitrogens with one attached hydrogen (secondary N) is 1. The van der Waals surface area contributed by atoms with E-state index in [-0.39, 0.29) is 0 Å². The minimum Gasteiger partial charge on any atom is -0.468 e. The zero-order valence-corrected chi connectivity index (χ0v) is 14.8. The van der Waals surface area contributed by atoms with Gasteiger partial charge in [0, 0.05) is 31.8 Å². The molecular formula is C15H18Cl2N2O2S. The Balaban J connectivity index is 0.000000422. The molecule has 0 fully saturated rings. The Kier molecular flexibility index (Phi) is 9.04. The number of rotatable bonds is 5. The van der Waals surface area contributed by atoms with E-state index in [1.54, 1.807) is 24.8 Å². The van der Waals surface area contributed by atoms with Crippen LogP contribution in [0.3, 0.4) is 0 Å². The number of hydrogen-bond donors (Lipinski definition) is 1. The molecule has 1 aromatic rings. The highest BCUT2D eigenvalue weighted by molar-refractivity contribution is 8.04. The Morgan fingerprint density at radius 2 is 2.00 bits per heavy atom. The molecule has 0 unspecified atom stereocenters. The van der Waals surface area contributed by atoms with Crippen LogP contribution in [0, 0.1) is 0 Å². The third-order valence-electron chi connectivity index (χ3n) is 2.54. The molecule has 120 valence electrons. The second kappa shape index (κ2) is 10.5. The van der Waals surface area contributed by atoms with E-state index in [1.807, 2.05) is 18.3 Å². The molecule has 2 rings (SSSR count). The fourth-order valence-corrected chi connectivity index (χ4v) is 3.35. The van der Waals surface area contributed by atoms with Gasteiger partial charge in [0.05, 0.1) is 6.61 Å². The number of ether oxygens (including phenoxy) is 1. The fourth-order valence-electron chi connectivity index (χ4n) is 1.60. The highest BCUT2D eigenvalue weighted by Gasteiger charge is 2.09. The Bertz CT molecular complexity index is 542. The van der Waals surface area contributed by atoms with Crippen molar-refractivity contribution in [3.05, 3.63) is 38.8 Å². The van der Waals surface area contributed by atoms with Crippen molar-refractivity contribution in [1.29, 1.82) is 0 Å². The van der Waals surface area contributed by atoms with Crippen LogP contribution in [0.25, 0.3) is 0 Å². The Morgan fingerprint density at radius 3 is 2.50 bits per heavy atom. The summed E-state index contributed by atoms with van der Waals surface area (Å²) in [5, 5.41) is 4.57. The molecule has 0 aromatic heterocycles. The minimum absolute atomic E-state index is 0.431. The van der Waals surface area contributed by atoms with E-state index in [0.717, 1.165) is 16.2 Å². The normalized spacial score (nSPS) is 13.1. The molecule has 1 aliphatic heterocycles. The molecule has 1 aliphatic rings. The molecule has 22 heavy (non-hydrogen) atoms. The minimum atomic E-state index is 0.431. The molecule has 0 saturated heterocycles. The summed E-state index contributed by atoms with van der Waals surface area (Å²) in [6, 6.07) is 5.54. The highest BCUT2D eigenvalue weighted by atomic mass is 35.5. The summed E-state index contributed by atoms with van der Waals surface area (Å²) in [4.78, 5) is 15.5. The Hall–Kier alpha value is -1.17. The van der Waals surface area contributed by atoms with Gasteiger partial charge in [-0.15, -0.1) is 0 Å². The van der Waals surface area contributed by atoms with Gasteiger partial charge >= 0.3 is 0 Å². The monoisotopic (exact) mass is 360 g/mol. The van der Waals surface area contributed by atoms with Gasteiger partial charge in [0.2, 0.25) is 0 Å². The lowest BCUT2D eigenvalue weighted by Crippen LogP contribution is -2.18. The van der Waals surface area contributed by atoms with Crippen LogP contribution in [-0.4, -0.2) is 26.0 Å². The maximum atomic E-state index is 9.18. The Morgan fingerprint density at radius 1 is 1.32 bits per heavy atom. The van der Waals surface area contributed by atoms with E-state index < -0.39 is 0 Å². The number of allylic oxidation sites excluding steroid dienone is 2. The molecule has 1 aromatic carbocycles. The van der Waals surface area contributed by atoms with E-state index in [2.05, 4.69) is 22.0 Å². The zero-order chi connectivity index (χ0) is 16.4. The first kappa shape index (κ1) is 18.9. The van der Waals surface area contributed by atoms with Crippen LogP contribution in [0.15, 0.2) is 38.7 Å². The third kappa shape index (κ3) is 6.73. The second-order valence-corrected chi connectivity index (χ2v) is 6.09. The summed E-state index contributed by atoms with van der Waals surface area (Å²) in [6.07, 6.45) is 2.86. The smallest absolute Gasteiger partial charge is 0.293 e. The number of carbonyl (C=O) groups excluding carboxylic acids is 1. The summed E-state index contributed by atoms with van der Waals surface area (Å²) >= 11 is 13.6. The summed E-state index contributed by atoms with van der Waals surface area (Å²) in [6.45, 7) is 5.44. The predicted octanol–water partition coefficient (Wildman–Crippen LogP) is 4.52. The number of carbonyl (C=O) groups is 1. The number of nitrogens with zero attached hydrogens (tertiary/aromatic N) is 1. The highest BCUT2D eigenvalue weighted by Crippen LogP contribution is 2.32. The molecule has 7 heteroatoms. The van der Waals surface area contributed by atoms with Gasteiger partial charge in [-0.05, 0) is 31.5 Å². The number of halogens is 2. The molecular weight excluding hydrogens is 343 g/mol. The van der Waals surface area contributed by atoms with Crippen molar-refractivity contribution in [3.63, 3.8) is 0 Å². The molecule has 0 spiro atoms. The third-order valence-corrected chi connectivity index (χ3v) is 4.02. The van der Waals surface area contributed by atoms with Crippen LogP contribution >= 0.6 is 35.0 Å². The molecule has 0 saturated carbocycles. The first-order valence-corrected chi connectivity index (χ1v) is 8.34. The van der Waals surface area contributed by atoms with Crippen LogP contribution in [0.4, 0.5) is 0 Å².